The number of rotatable bonds is 6. The Labute approximate surface area is 156 Å². The second-order valence-corrected chi connectivity index (χ2v) is 7.59. The summed E-state index contributed by atoms with van der Waals surface area (Å²) in [6.07, 6.45) is 1.72. The molecule has 3 rings (SSSR count). The highest BCUT2D eigenvalue weighted by Crippen LogP contribution is 2.36. The Hall–Kier alpha value is -1.69. The van der Waals surface area contributed by atoms with Crippen LogP contribution in [0.2, 0.25) is 5.02 Å². The number of hydrogen-bond acceptors (Lipinski definition) is 4. The third kappa shape index (κ3) is 3.50. The number of hydrogen-bond donors (Lipinski definition) is 0. The molecule has 3 aromatic rings. The molecule has 0 amide bonds. The Bertz CT molecular complexity index is 945. The zero-order chi connectivity index (χ0) is 18.0. The second kappa shape index (κ2) is 7.68. The van der Waals surface area contributed by atoms with Crippen LogP contribution in [0.25, 0.3) is 21.3 Å². The lowest BCUT2D eigenvalue weighted by molar-refractivity contribution is 0.185. The number of aryl methyl sites for hydroxylation is 2. The third-order valence-corrected chi connectivity index (χ3v) is 5.44. The van der Waals surface area contributed by atoms with Gasteiger partial charge in [0.05, 0.1) is 18.5 Å². The molecule has 0 saturated carbocycles. The van der Waals surface area contributed by atoms with E-state index < -0.39 is 0 Å². The van der Waals surface area contributed by atoms with Gasteiger partial charge in [-0.1, -0.05) is 30.7 Å². The van der Waals surface area contributed by atoms with Crippen LogP contribution in [0, 0.1) is 6.92 Å². The minimum Gasteiger partial charge on any atom is -0.383 e. The van der Waals surface area contributed by atoms with Crippen LogP contribution in [0.5, 0.6) is 0 Å². The zero-order valence-corrected chi connectivity index (χ0v) is 16.2. The van der Waals surface area contributed by atoms with Crippen molar-refractivity contribution in [2.45, 2.75) is 33.2 Å². The number of thiophene rings is 1. The van der Waals surface area contributed by atoms with Gasteiger partial charge in [0.15, 0.2) is 0 Å². The summed E-state index contributed by atoms with van der Waals surface area (Å²) in [5.74, 6) is 0.834. The Morgan fingerprint density at radius 2 is 2.00 bits per heavy atom. The highest BCUT2D eigenvalue weighted by atomic mass is 35.5. The first-order chi connectivity index (χ1) is 12.1. The van der Waals surface area contributed by atoms with Crippen LogP contribution in [0.4, 0.5) is 0 Å². The molecule has 0 aliphatic carbocycles. The number of methoxy groups -OCH3 is 1. The second-order valence-electron chi connectivity index (χ2n) is 5.95. The fourth-order valence-electron chi connectivity index (χ4n) is 3.03. The highest BCUT2D eigenvalue weighted by molar-refractivity contribution is 7.19. The van der Waals surface area contributed by atoms with E-state index in [0.717, 1.165) is 39.5 Å². The summed E-state index contributed by atoms with van der Waals surface area (Å²) >= 11 is 7.59. The fraction of sp³-hybridized carbons (Fsp3) is 0.368. The number of aromatic nitrogens is 2. The molecule has 132 valence electrons. The molecule has 2 aromatic heterocycles. The standard InChI is InChI=1S/C19H21ClN2O2S/c1-4-5-15-21-18-17(19(23)22(15)10-11-24-3)16(12(2)25-18)13-6-8-14(20)9-7-13/h6-9H,4-5,10-11H2,1-3H3. The molecular weight excluding hydrogens is 356 g/mol. The van der Waals surface area contributed by atoms with Crippen molar-refractivity contribution in [1.29, 1.82) is 0 Å². The molecule has 6 heteroatoms. The molecule has 0 aliphatic heterocycles. The average Bonchev–Trinajstić information content (AvgIpc) is 2.92. The maximum atomic E-state index is 13.3. The van der Waals surface area contributed by atoms with Gasteiger partial charge in [-0.15, -0.1) is 11.3 Å². The van der Waals surface area contributed by atoms with Crippen molar-refractivity contribution < 1.29 is 4.74 Å². The molecule has 0 unspecified atom stereocenters. The van der Waals surface area contributed by atoms with Gasteiger partial charge in [0.2, 0.25) is 0 Å². The molecule has 0 spiro atoms. The highest BCUT2D eigenvalue weighted by Gasteiger charge is 2.19. The summed E-state index contributed by atoms with van der Waals surface area (Å²) in [5.41, 5.74) is 1.97. The van der Waals surface area contributed by atoms with Gasteiger partial charge in [0, 0.05) is 29.0 Å². The molecular formula is C19H21ClN2O2S. The summed E-state index contributed by atoms with van der Waals surface area (Å²) in [6, 6.07) is 7.61. The lowest BCUT2D eigenvalue weighted by Gasteiger charge is -2.12. The molecule has 2 heterocycles. The molecule has 0 saturated heterocycles. The van der Waals surface area contributed by atoms with Gasteiger partial charge >= 0.3 is 0 Å². The Morgan fingerprint density at radius 3 is 2.64 bits per heavy atom. The minimum atomic E-state index is 0.0137. The van der Waals surface area contributed by atoms with E-state index in [1.165, 1.54) is 0 Å². The lowest BCUT2D eigenvalue weighted by Crippen LogP contribution is -2.27. The molecule has 0 atom stereocenters. The van der Waals surface area contributed by atoms with Gasteiger partial charge < -0.3 is 4.74 Å². The summed E-state index contributed by atoms with van der Waals surface area (Å²) in [6.45, 7) is 5.14. The van der Waals surface area contributed by atoms with Crippen LogP contribution in [0.15, 0.2) is 29.1 Å². The number of fused-ring (bicyclic) bond motifs is 1. The molecule has 1 aromatic carbocycles. The molecule has 0 aliphatic rings. The topological polar surface area (TPSA) is 44.1 Å². The van der Waals surface area contributed by atoms with Crippen LogP contribution in [0.3, 0.4) is 0 Å². The molecule has 0 bridgehead atoms. The molecule has 0 radical (unpaired) electrons. The molecule has 4 nitrogen and oxygen atoms in total. The fourth-order valence-corrected chi connectivity index (χ4v) is 4.21. The van der Waals surface area contributed by atoms with Gasteiger partial charge in [-0.3, -0.25) is 9.36 Å². The minimum absolute atomic E-state index is 0.0137. The summed E-state index contributed by atoms with van der Waals surface area (Å²) in [4.78, 5) is 20.0. The Kier molecular flexibility index (Phi) is 5.57. The SMILES string of the molecule is CCCc1nc2sc(C)c(-c3ccc(Cl)cc3)c2c(=O)n1CCOC. The van der Waals surface area contributed by atoms with E-state index in [1.54, 1.807) is 23.0 Å². The first-order valence-corrected chi connectivity index (χ1v) is 9.54. The third-order valence-electron chi connectivity index (χ3n) is 4.19. The number of ether oxygens (including phenoxy) is 1. The number of nitrogens with zero attached hydrogens (tertiary/aromatic N) is 2. The normalized spacial score (nSPS) is 11.4. The van der Waals surface area contributed by atoms with E-state index in [0.29, 0.717) is 23.6 Å². The number of halogens is 1. The molecule has 0 fully saturated rings. The van der Waals surface area contributed by atoms with E-state index in [-0.39, 0.29) is 5.56 Å². The monoisotopic (exact) mass is 376 g/mol. The first kappa shape index (κ1) is 18.1. The van der Waals surface area contributed by atoms with Crippen molar-refractivity contribution in [2.24, 2.45) is 0 Å². The molecule has 25 heavy (non-hydrogen) atoms. The number of benzene rings is 1. The predicted octanol–water partition coefficient (Wildman–Crippen LogP) is 4.69. The lowest BCUT2D eigenvalue weighted by atomic mass is 10.0. The van der Waals surface area contributed by atoms with Crippen LogP contribution < -0.4 is 5.56 Å². The van der Waals surface area contributed by atoms with Crippen molar-refractivity contribution in [2.75, 3.05) is 13.7 Å². The maximum absolute atomic E-state index is 13.3. The van der Waals surface area contributed by atoms with Gasteiger partial charge in [-0.2, -0.15) is 0 Å². The van der Waals surface area contributed by atoms with Crippen LogP contribution in [0.1, 0.15) is 24.0 Å². The van der Waals surface area contributed by atoms with Crippen molar-refractivity contribution in [3.05, 3.63) is 50.3 Å². The van der Waals surface area contributed by atoms with E-state index >= 15 is 0 Å². The largest absolute Gasteiger partial charge is 0.383 e. The van der Waals surface area contributed by atoms with Gasteiger partial charge in [0.1, 0.15) is 10.7 Å². The van der Waals surface area contributed by atoms with Crippen LogP contribution in [-0.2, 0) is 17.7 Å². The van der Waals surface area contributed by atoms with Gasteiger partial charge in [0.25, 0.3) is 5.56 Å². The van der Waals surface area contributed by atoms with Crippen molar-refractivity contribution in [1.82, 2.24) is 9.55 Å². The Morgan fingerprint density at radius 1 is 1.28 bits per heavy atom. The zero-order valence-electron chi connectivity index (χ0n) is 14.6. The van der Waals surface area contributed by atoms with E-state index in [2.05, 4.69) is 6.92 Å². The van der Waals surface area contributed by atoms with Crippen molar-refractivity contribution in [3.8, 4) is 11.1 Å². The Balaban J connectivity index is 2.27. The van der Waals surface area contributed by atoms with Crippen LogP contribution >= 0.6 is 22.9 Å². The van der Waals surface area contributed by atoms with E-state index in [4.69, 9.17) is 21.3 Å². The summed E-state index contributed by atoms with van der Waals surface area (Å²) < 4.78 is 6.94. The van der Waals surface area contributed by atoms with Crippen molar-refractivity contribution >= 4 is 33.2 Å². The van der Waals surface area contributed by atoms with Gasteiger partial charge in [-0.05, 0) is 31.0 Å². The van der Waals surface area contributed by atoms with Gasteiger partial charge in [-0.25, -0.2) is 4.98 Å². The maximum Gasteiger partial charge on any atom is 0.262 e. The summed E-state index contributed by atoms with van der Waals surface area (Å²) in [7, 11) is 1.64. The predicted molar refractivity (Wildman–Crippen MR) is 105 cm³/mol. The smallest absolute Gasteiger partial charge is 0.262 e. The average molecular weight is 377 g/mol. The quantitative estimate of drug-likeness (QED) is 0.627. The summed E-state index contributed by atoms with van der Waals surface area (Å²) in [5, 5.41) is 1.38. The molecule has 0 N–H and O–H groups in total. The van der Waals surface area contributed by atoms with E-state index in [9.17, 15) is 4.79 Å². The van der Waals surface area contributed by atoms with Crippen LogP contribution in [-0.4, -0.2) is 23.3 Å². The van der Waals surface area contributed by atoms with Crippen molar-refractivity contribution in [3.63, 3.8) is 0 Å². The van der Waals surface area contributed by atoms with E-state index in [1.807, 2.05) is 31.2 Å². The first-order valence-electron chi connectivity index (χ1n) is 8.34.